The molecule has 12 heavy (non-hydrogen) atoms. The summed E-state index contributed by atoms with van der Waals surface area (Å²) >= 11 is 5.67. The summed E-state index contributed by atoms with van der Waals surface area (Å²) < 4.78 is 12.9. The first-order valence-corrected chi connectivity index (χ1v) is 3.50. The average molecular weight is 211 g/mol. The van der Waals surface area contributed by atoms with Gasteiger partial charge in [-0.2, -0.15) is 0 Å². The van der Waals surface area contributed by atoms with E-state index in [2.05, 4.69) is 5.43 Å². The SMILES string of the molecule is Cl.NNCc1c(F)cccc1Cl. The van der Waals surface area contributed by atoms with Gasteiger partial charge in [-0.3, -0.25) is 11.3 Å². The smallest absolute Gasteiger partial charge is 0.129 e. The van der Waals surface area contributed by atoms with Crippen molar-refractivity contribution in [3.8, 4) is 0 Å². The Bertz CT molecular complexity index is 235. The summed E-state index contributed by atoms with van der Waals surface area (Å²) in [6.07, 6.45) is 0. The maximum Gasteiger partial charge on any atom is 0.129 e. The molecule has 0 aliphatic carbocycles. The molecule has 0 atom stereocenters. The average Bonchev–Trinajstić information content (AvgIpc) is 1.97. The molecule has 1 aromatic carbocycles. The molecule has 0 bridgehead atoms. The molecule has 0 fully saturated rings. The molecule has 0 saturated heterocycles. The van der Waals surface area contributed by atoms with Gasteiger partial charge in [-0.25, -0.2) is 4.39 Å². The number of hydrazine groups is 1. The highest BCUT2D eigenvalue weighted by Crippen LogP contribution is 2.17. The van der Waals surface area contributed by atoms with Crippen LogP contribution in [0.25, 0.3) is 0 Å². The summed E-state index contributed by atoms with van der Waals surface area (Å²) in [5, 5.41) is 0.392. The first-order chi connectivity index (χ1) is 5.25. The Morgan fingerprint density at radius 2 is 2.17 bits per heavy atom. The largest absolute Gasteiger partial charge is 0.271 e. The molecule has 68 valence electrons. The van der Waals surface area contributed by atoms with Crippen LogP contribution in [0.5, 0.6) is 0 Å². The minimum absolute atomic E-state index is 0. The molecule has 0 aliphatic heterocycles. The lowest BCUT2D eigenvalue weighted by Crippen LogP contribution is -2.21. The molecule has 1 rings (SSSR count). The van der Waals surface area contributed by atoms with E-state index in [0.717, 1.165) is 0 Å². The van der Waals surface area contributed by atoms with Crippen LogP contribution in [0.4, 0.5) is 4.39 Å². The predicted molar refractivity (Wildman–Crippen MR) is 49.7 cm³/mol. The van der Waals surface area contributed by atoms with Gasteiger partial charge >= 0.3 is 0 Å². The van der Waals surface area contributed by atoms with Crippen LogP contribution < -0.4 is 11.3 Å². The Morgan fingerprint density at radius 1 is 1.50 bits per heavy atom. The molecule has 0 aliphatic rings. The molecule has 0 saturated carbocycles. The Balaban J connectivity index is 0.00000121. The van der Waals surface area contributed by atoms with Crippen LogP contribution in [0, 0.1) is 5.82 Å². The van der Waals surface area contributed by atoms with Gasteiger partial charge in [0.1, 0.15) is 5.82 Å². The van der Waals surface area contributed by atoms with E-state index in [0.29, 0.717) is 10.6 Å². The lowest BCUT2D eigenvalue weighted by Gasteiger charge is -2.03. The van der Waals surface area contributed by atoms with Crippen molar-refractivity contribution in [2.45, 2.75) is 6.54 Å². The maximum absolute atomic E-state index is 12.9. The zero-order chi connectivity index (χ0) is 8.27. The molecule has 0 unspecified atom stereocenters. The van der Waals surface area contributed by atoms with Crippen LogP contribution in [0.2, 0.25) is 5.02 Å². The summed E-state index contributed by atoms with van der Waals surface area (Å²) in [6, 6.07) is 4.52. The molecule has 0 heterocycles. The number of rotatable bonds is 2. The summed E-state index contributed by atoms with van der Waals surface area (Å²) in [7, 11) is 0. The van der Waals surface area contributed by atoms with Crippen LogP contribution in [0.15, 0.2) is 18.2 Å². The van der Waals surface area contributed by atoms with E-state index >= 15 is 0 Å². The van der Waals surface area contributed by atoms with Crippen molar-refractivity contribution >= 4 is 24.0 Å². The van der Waals surface area contributed by atoms with Crippen molar-refractivity contribution in [3.05, 3.63) is 34.6 Å². The van der Waals surface area contributed by atoms with E-state index in [4.69, 9.17) is 17.4 Å². The lowest BCUT2D eigenvalue weighted by molar-refractivity contribution is 0.594. The predicted octanol–water partition coefficient (Wildman–Crippen LogP) is 1.86. The van der Waals surface area contributed by atoms with E-state index < -0.39 is 0 Å². The highest BCUT2D eigenvalue weighted by Gasteiger charge is 2.04. The van der Waals surface area contributed by atoms with Gasteiger partial charge in [0.25, 0.3) is 0 Å². The van der Waals surface area contributed by atoms with E-state index in [1.807, 2.05) is 0 Å². The second-order valence-corrected chi connectivity index (χ2v) is 2.49. The highest BCUT2D eigenvalue weighted by atomic mass is 35.5. The Morgan fingerprint density at radius 3 is 2.67 bits per heavy atom. The van der Waals surface area contributed by atoms with Crippen molar-refractivity contribution in [1.82, 2.24) is 5.43 Å². The van der Waals surface area contributed by atoms with Gasteiger partial charge in [0.05, 0.1) is 0 Å². The summed E-state index contributed by atoms with van der Waals surface area (Å²) in [4.78, 5) is 0. The number of hydrogen-bond donors (Lipinski definition) is 2. The summed E-state index contributed by atoms with van der Waals surface area (Å²) in [5.74, 6) is 4.69. The molecular formula is C7H9Cl2FN2. The molecule has 0 spiro atoms. The monoisotopic (exact) mass is 210 g/mol. The Hall–Kier alpha value is -0.350. The molecule has 5 heteroatoms. The minimum Gasteiger partial charge on any atom is -0.271 e. The maximum atomic E-state index is 12.9. The van der Waals surface area contributed by atoms with Gasteiger partial charge in [0, 0.05) is 17.1 Å². The van der Waals surface area contributed by atoms with Crippen LogP contribution >= 0.6 is 24.0 Å². The van der Waals surface area contributed by atoms with Gasteiger partial charge in [0.15, 0.2) is 0 Å². The van der Waals surface area contributed by atoms with Crippen LogP contribution in [0.1, 0.15) is 5.56 Å². The van der Waals surface area contributed by atoms with Crippen LogP contribution in [-0.4, -0.2) is 0 Å². The van der Waals surface area contributed by atoms with E-state index in [1.54, 1.807) is 12.1 Å². The fraction of sp³-hybridized carbons (Fsp3) is 0.143. The zero-order valence-corrected chi connectivity index (χ0v) is 7.75. The summed E-state index contributed by atoms with van der Waals surface area (Å²) in [5.41, 5.74) is 2.74. The van der Waals surface area contributed by atoms with Crippen molar-refractivity contribution in [2.24, 2.45) is 5.84 Å². The number of nitrogens with two attached hydrogens (primary N) is 1. The third kappa shape index (κ3) is 2.60. The highest BCUT2D eigenvalue weighted by molar-refractivity contribution is 6.31. The fourth-order valence-electron chi connectivity index (χ4n) is 0.803. The third-order valence-corrected chi connectivity index (χ3v) is 1.69. The van der Waals surface area contributed by atoms with E-state index in [1.165, 1.54) is 6.07 Å². The van der Waals surface area contributed by atoms with E-state index in [9.17, 15) is 4.39 Å². The topological polar surface area (TPSA) is 38.0 Å². The van der Waals surface area contributed by atoms with Gasteiger partial charge in [0.2, 0.25) is 0 Å². The minimum atomic E-state index is -0.338. The normalized spacial score (nSPS) is 9.25. The third-order valence-electron chi connectivity index (χ3n) is 1.34. The lowest BCUT2D eigenvalue weighted by atomic mass is 10.2. The molecule has 0 amide bonds. The Labute approximate surface area is 81.3 Å². The van der Waals surface area contributed by atoms with E-state index in [-0.39, 0.29) is 24.8 Å². The van der Waals surface area contributed by atoms with Gasteiger partial charge in [-0.05, 0) is 12.1 Å². The Kier molecular flexibility index (Phi) is 5.17. The fourth-order valence-corrected chi connectivity index (χ4v) is 1.03. The van der Waals surface area contributed by atoms with Gasteiger partial charge in [-0.1, -0.05) is 17.7 Å². The molecular weight excluding hydrogens is 202 g/mol. The van der Waals surface area contributed by atoms with Gasteiger partial charge < -0.3 is 0 Å². The number of nitrogens with one attached hydrogen (secondary N) is 1. The molecule has 3 N–H and O–H groups in total. The summed E-state index contributed by atoms with van der Waals surface area (Å²) in [6.45, 7) is 0.242. The number of hydrogen-bond acceptors (Lipinski definition) is 2. The van der Waals surface area contributed by atoms with Crippen molar-refractivity contribution < 1.29 is 4.39 Å². The molecule has 0 aromatic heterocycles. The first kappa shape index (κ1) is 11.6. The van der Waals surface area contributed by atoms with Crippen LogP contribution in [0.3, 0.4) is 0 Å². The van der Waals surface area contributed by atoms with Gasteiger partial charge in [-0.15, -0.1) is 12.4 Å². The molecule has 0 radical (unpaired) electrons. The number of halogens is 3. The molecule has 2 nitrogen and oxygen atoms in total. The first-order valence-electron chi connectivity index (χ1n) is 3.12. The number of benzene rings is 1. The van der Waals surface area contributed by atoms with Crippen molar-refractivity contribution in [3.63, 3.8) is 0 Å². The van der Waals surface area contributed by atoms with Crippen LogP contribution in [-0.2, 0) is 6.54 Å². The second-order valence-electron chi connectivity index (χ2n) is 2.08. The standard InChI is InChI=1S/C7H8ClFN2.ClH/c8-6-2-1-3-7(9)5(6)4-11-10;/h1-3,11H,4,10H2;1H. The second kappa shape index (κ2) is 5.32. The van der Waals surface area contributed by atoms with Crippen molar-refractivity contribution in [2.75, 3.05) is 0 Å². The zero-order valence-electron chi connectivity index (χ0n) is 6.18. The molecule has 1 aromatic rings. The van der Waals surface area contributed by atoms with Crippen molar-refractivity contribution in [1.29, 1.82) is 0 Å². The quantitative estimate of drug-likeness (QED) is 0.578.